The molecule has 0 bridgehead atoms. The number of fused-ring (bicyclic) bond motifs is 1. The minimum atomic E-state index is 0.464. The summed E-state index contributed by atoms with van der Waals surface area (Å²) in [5.41, 5.74) is 2.35. The summed E-state index contributed by atoms with van der Waals surface area (Å²) >= 11 is 0. The molecular formula is C9H8N2O. The van der Waals surface area contributed by atoms with Crippen molar-refractivity contribution in [1.29, 1.82) is 5.26 Å². The fourth-order valence-corrected chi connectivity index (χ4v) is 1.65. The Kier molecular flexibility index (Phi) is 1.47. The topological polar surface area (TPSA) is 50.7 Å². The van der Waals surface area contributed by atoms with E-state index in [4.69, 9.17) is 5.26 Å². The smallest absolute Gasteiger partial charge is 0.198 e. The van der Waals surface area contributed by atoms with Crippen LogP contribution in [0.15, 0.2) is 12.3 Å². The monoisotopic (exact) mass is 160 g/mol. The number of nitrogens with zero attached hydrogens (tertiary/aromatic N) is 2. The molecule has 1 heterocycles. The lowest BCUT2D eigenvalue weighted by Crippen LogP contribution is -2.31. The number of aromatic nitrogens is 1. The van der Waals surface area contributed by atoms with E-state index in [1.807, 2.05) is 12.1 Å². The summed E-state index contributed by atoms with van der Waals surface area (Å²) in [6.07, 6.45) is 4.17. The third-order valence-corrected chi connectivity index (χ3v) is 2.21. The van der Waals surface area contributed by atoms with Crippen LogP contribution < -0.4 is 4.73 Å². The van der Waals surface area contributed by atoms with Crippen LogP contribution in [0.2, 0.25) is 0 Å². The number of nitriles is 1. The van der Waals surface area contributed by atoms with Gasteiger partial charge in [-0.1, -0.05) is 0 Å². The molecule has 0 amide bonds. The molecule has 0 aliphatic heterocycles. The summed E-state index contributed by atoms with van der Waals surface area (Å²) < 4.78 is 0.834. The molecule has 0 unspecified atom stereocenters. The average Bonchev–Trinajstić information content (AvgIpc) is 2.52. The molecule has 0 N–H and O–H groups in total. The van der Waals surface area contributed by atoms with E-state index in [0.29, 0.717) is 5.56 Å². The molecule has 3 heteroatoms. The highest BCUT2D eigenvalue weighted by Crippen LogP contribution is 2.18. The minimum Gasteiger partial charge on any atom is -0.618 e. The number of rotatable bonds is 0. The second-order valence-electron chi connectivity index (χ2n) is 2.99. The van der Waals surface area contributed by atoms with Gasteiger partial charge in [-0.15, -0.1) is 0 Å². The van der Waals surface area contributed by atoms with Crippen LogP contribution in [0.1, 0.15) is 23.2 Å². The van der Waals surface area contributed by atoms with Gasteiger partial charge in [0, 0.05) is 12.0 Å². The van der Waals surface area contributed by atoms with E-state index in [0.717, 1.165) is 35.3 Å². The molecule has 3 nitrogen and oxygen atoms in total. The number of pyridine rings is 1. The molecule has 0 aromatic carbocycles. The van der Waals surface area contributed by atoms with E-state index in [9.17, 15) is 5.21 Å². The number of hydrogen-bond donors (Lipinski definition) is 0. The van der Waals surface area contributed by atoms with Gasteiger partial charge >= 0.3 is 0 Å². The molecule has 2 rings (SSSR count). The molecule has 1 aliphatic rings. The van der Waals surface area contributed by atoms with Crippen LogP contribution >= 0.6 is 0 Å². The van der Waals surface area contributed by atoms with E-state index < -0.39 is 0 Å². The fraction of sp³-hybridized carbons (Fsp3) is 0.333. The quantitative estimate of drug-likeness (QED) is 0.414. The lowest BCUT2D eigenvalue weighted by atomic mass is 10.2. The normalized spacial score (nSPS) is 13.9. The van der Waals surface area contributed by atoms with Gasteiger partial charge in [-0.25, -0.2) is 0 Å². The minimum absolute atomic E-state index is 0.464. The molecule has 1 aliphatic carbocycles. The van der Waals surface area contributed by atoms with Gasteiger partial charge in [0.15, 0.2) is 11.9 Å². The van der Waals surface area contributed by atoms with Gasteiger partial charge < -0.3 is 5.21 Å². The molecule has 0 atom stereocenters. The lowest BCUT2D eigenvalue weighted by molar-refractivity contribution is -0.613. The highest BCUT2D eigenvalue weighted by atomic mass is 16.5. The van der Waals surface area contributed by atoms with Crippen molar-refractivity contribution in [3.63, 3.8) is 0 Å². The van der Waals surface area contributed by atoms with E-state index in [2.05, 4.69) is 0 Å². The zero-order valence-electron chi connectivity index (χ0n) is 6.58. The van der Waals surface area contributed by atoms with E-state index in [1.165, 1.54) is 6.20 Å². The Bertz CT molecular complexity index is 366. The zero-order valence-corrected chi connectivity index (χ0v) is 6.58. The first-order valence-corrected chi connectivity index (χ1v) is 3.96. The van der Waals surface area contributed by atoms with Crippen LogP contribution in [0.25, 0.3) is 0 Å². The van der Waals surface area contributed by atoms with Crippen LogP contribution in [0.3, 0.4) is 0 Å². The molecule has 0 saturated heterocycles. The van der Waals surface area contributed by atoms with Crippen LogP contribution in [-0.2, 0) is 12.8 Å². The number of hydrogen-bond acceptors (Lipinski definition) is 2. The van der Waals surface area contributed by atoms with Crippen LogP contribution in [0, 0.1) is 16.5 Å². The molecule has 60 valence electrons. The third kappa shape index (κ3) is 0.928. The van der Waals surface area contributed by atoms with Gasteiger partial charge in [-0.3, -0.25) is 0 Å². The molecule has 0 radical (unpaired) electrons. The first-order chi connectivity index (χ1) is 5.81. The molecule has 0 saturated carbocycles. The van der Waals surface area contributed by atoms with E-state index in [-0.39, 0.29) is 0 Å². The summed E-state index contributed by atoms with van der Waals surface area (Å²) in [6.45, 7) is 0. The first kappa shape index (κ1) is 7.11. The van der Waals surface area contributed by atoms with Crippen molar-refractivity contribution < 1.29 is 4.73 Å². The molecule has 1 aromatic rings. The van der Waals surface area contributed by atoms with Gasteiger partial charge in [0.25, 0.3) is 0 Å². The third-order valence-electron chi connectivity index (χ3n) is 2.21. The van der Waals surface area contributed by atoms with Crippen molar-refractivity contribution >= 4 is 0 Å². The maximum atomic E-state index is 11.3. The summed E-state index contributed by atoms with van der Waals surface area (Å²) in [6, 6.07) is 3.79. The molecule has 0 spiro atoms. The van der Waals surface area contributed by atoms with Gasteiger partial charge in [0.05, 0.1) is 0 Å². The second-order valence-corrected chi connectivity index (χ2v) is 2.99. The van der Waals surface area contributed by atoms with Gasteiger partial charge in [0.2, 0.25) is 0 Å². The Labute approximate surface area is 70.5 Å². The summed E-state index contributed by atoms with van der Waals surface area (Å²) in [4.78, 5) is 0. The van der Waals surface area contributed by atoms with E-state index >= 15 is 0 Å². The van der Waals surface area contributed by atoms with Crippen LogP contribution in [-0.4, -0.2) is 0 Å². The summed E-state index contributed by atoms with van der Waals surface area (Å²) in [5, 5.41) is 19.8. The van der Waals surface area contributed by atoms with E-state index in [1.54, 1.807) is 0 Å². The Morgan fingerprint density at radius 3 is 3.08 bits per heavy atom. The number of aryl methyl sites for hydroxylation is 1. The van der Waals surface area contributed by atoms with Crippen molar-refractivity contribution in [2.45, 2.75) is 19.3 Å². The average molecular weight is 160 g/mol. The van der Waals surface area contributed by atoms with Crippen molar-refractivity contribution in [3.8, 4) is 6.07 Å². The Balaban J connectivity index is 2.60. The largest absolute Gasteiger partial charge is 0.618 e. The maximum Gasteiger partial charge on any atom is 0.198 e. The molecule has 0 fully saturated rings. The lowest BCUT2D eigenvalue weighted by Gasteiger charge is -2.01. The van der Waals surface area contributed by atoms with Crippen LogP contribution in [0.5, 0.6) is 0 Å². The standard InChI is InChI=1S/C9H8N2O/c10-5-7-4-8-2-1-3-9(8)11(12)6-7/h4,6H,1-3H2. The Morgan fingerprint density at radius 1 is 1.50 bits per heavy atom. The van der Waals surface area contributed by atoms with Gasteiger partial charge in [-0.05, 0) is 18.9 Å². The van der Waals surface area contributed by atoms with Crippen molar-refractivity contribution in [2.24, 2.45) is 0 Å². The molecule has 12 heavy (non-hydrogen) atoms. The van der Waals surface area contributed by atoms with Crippen molar-refractivity contribution in [1.82, 2.24) is 0 Å². The van der Waals surface area contributed by atoms with Gasteiger partial charge in [-0.2, -0.15) is 9.99 Å². The first-order valence-electron chi connectivity index (χ1n) is 3.96. The zero-order chi connectivity index (χ0) is 8.55. The second kappa shape index (κ2) is 2.49. The molecular weight excluding hydrogens is 152 g/mol. The highest BCUT2D eigenvalue weighted by Gasteiger charge is 2.19. The fourth-order valence-electron chi connectivity index (χ4n) is 1.65. The summed E-state index contributed by atoms with van der Waals surface area (Å²) in [7, 11) is 0. The van der Waals surface area contributed by atoms with Crippen LogP contribution in [0.4, 0.5) is 0 Å². The highest BCUT2D eigenvalue weighted by molar-refractivity contribution is 5.32. The Hall–Kier alpha value is -1.56. The maximum absolute atomic E-state index is 11.3. The molecule has 1 aromatic heterocycles. The predicted octanol–water partition coefficient (Wildman–Crippen LogP) is 0.680. The Morgan fingerprint density at radius 2 is 2.33 bits per heavy atom. The van der Waals surface area contributed by atoms with Gasteiger partial charge in [0.1, 0.15) is 11.6 Å². The summed E-state index contributed by atoms with van der Waals surface area (Å²) in [5.74, 6) is 0. The predicted molar refractivity (Wildman–Crippen MR) is 42.1 cm³/mol. The van der Waals surface area contributed by atoms with Crippen molar-refractivity contribution in [2.75, 3.05) is 0 Å². The van der Waals surface area contributed by atoms with Crippen molar-refractivity contribution in [3.05, 3.63) is 34.3 Å². The SMILES string of the molecule is N#Cc1cc2c([n+]([O-])c1)CCC2.